The van der Waals surface area contributed by atoms with Crippen LogP contribution >= 0.6 is 11.8 Å². The Balaban J connectivity index is 1.89. The van der Waals surface area contributed by atoms with Gasteiger partial charge in [0.05, 0.1) is 0 Å². The molecule has 0 spiro atoms. The Morgan fingerprint density at radius 3 is 2.71 bits per heavy atom. The zero-order valence-corrected chi connectivity index (χ0v) is 11.8. The number of ether oxygens (including phenoxy) is 1. The average molecular weight is 258 g/mol. The van der Waals surface area contributed by atoms with Gasteiger partial charge in [-0.3, -0.25) is 4.90 Å². The highest BCUT2D eigenvalue weighted by Gasteiger charge is 2.38. The van der Waals surface area contributed by atoms with Gasteiger partial charge in [0.15, 0.2) is 0 Å². The van der Waals surface area contributed by atoms with E-state index in [-0.39, 0.29) is 0 Å². The molecule has 0 aromatic rings. The first kappa shape index (κ1) is 13.7. The highest BCUT2D eigenvalue weighted by Crippen LogP contribution is 2.34. The summed E-state index contributed by atoms with van der Waals surface area (Å²) in [5, 5.41) is 0. The summed E-state index contributed by atoms with van der Waals surface area (Å²) in [5.41, 5.74) is 6.39. The van der Waals surface area contributed by atoms with Gasteiger partial charge in [-0.1, -0.05) is 0 Å². The van der Waals surface area contributed by atoms with Crippen molar-refractivity contribution in [1.82, 2.24) is 4.90 Å². The largest absolute Gasteiger partial charge is 0.384 e. The minimum absolute atomic E-state index is 0.307. The van der Waals surface area contributed by atoms with E-state index in [9.17, 15) is 0 Å². The fourth-order valence-corrected chi connectivity index (χ4v) is 4.50. The van der Waals surface area contributed by atoms with Crippen molar-refractivity contribution < 1.29 is 4.74 Å². The molecular formula is C13H26N2OS. The van der Waals surface area contributed by atoms with Gasteiger partial charge in [-0.05, 0) is 50.4 Å². The van der Waals surface area contributed by atoms with Crippen molar-refractivity contribution in [3.05, 3.63) is 0 Å². The molecule has 0 aliphatic carbocycles. The summed E-state index contributed by atoms with van der Waals surface area (Å²) >= 11 is 2.08. The summed E-state index contributed by atoms with van der Waals surface area (Å²) in [6.45, 7) is 4.19. The van der Waals surface area contributed by atoms with Gasteiger partial charge in [0.25, 0.3) is 0 Å². The Morgan fingerprint density at radius 1 is 1.41 bits per heavy atom. The molecule has 2 saturated heterocycles. The quantitative estimate of drug-likeness (QED) is 0.831. The first-order valence-electron chi connectivity index (χ1n) is 6.82. The van der Waals surface area contributed by atoms with Crippen molar-refractivity contribution in [2.75, 3.05) is 44.9 Å². The molecule has 0 radical (unpaired) electrons. The highest BCUT2D eigenvalue weighted by atomic mass is 32.2. The highest BCUT2D eigenvalue weighted by molar-refractivity contribution is 7.99. The van der Waals surface area contributed by atoms with Crippen LogP contribution in [0.3, 0.4) is 0 Å². The third kappa shape index (κ3) is 3.16. The van der Waals surface area contributed by atoms with E-state index in [2.05, 4.69) is 16.7 Å². The van der Waals surface area contributed by atoms with Crippen molar-refractivity contribution in [3.63, 3.8) is 0 Å². The van der Waals surface area contributed by atoms with Crippen LogP contribution in [0.15, 0.2) is 0 Å². The Hall–Kier alpha value is 0.230. The van der Waals surface area contributed by atoms with Crippen LogP contribution in [-0.2, 0) is 4.74 Å². The maximum absolute atomic E-state index is 6.08. The molecule has 2 aliphatic heterocycles. The van der Waals surface area contributed by atoms with Gasteiger partial charge in [0, 0.05) is 31.6 Å². The molecule has 0 aromatic heterocycles. The minimum atomic E-state index is 0.307. The van der Waals surface area contributed by atoms with Crippen molar-refractivity contribution in [1.29, 1.82) is 0 Å². The Kier molecular flexibility index (Phi) is 5.15. The lowest BCUT2D eigenvalue weighted by molar-refractivity contribution is 0.0391. The van der Waals surface area contributed by atoms with Crippen LogP contribution < -0.4 is 5.73 Å². The van der Waals surface area contributed by atoms with Gasteiger partial charge in [0.2, 0.25) is 0 Å². The van der Waals surface area contributed by atoms with E-state index in [1.807, 2.05) is 7.11 Å². The molecule has 2 heterocycles. The zero-order chi connectivity index (χ0) is 12.1. The number of hydrogen-bond acceptors (Lipinski definition) is 4. The summed E-state index contributed by atoms with van der Waals surface area (Å²) in [4.78, 5) is 2.67. The van der Waals surface area contributed by atoms with E-state index >= 15 is 0 Å². The molecule has 2 rings (SSSR count). The van der Waals surface area contributed by atoms with Crippen LogP contribution in [0.2, 0.25) is 0 Å². The van der Waals surface area contributed by atoms with E-state index in [4.69, 9.17) is 10.5 Å². The van der Waals surface area contributed by atoms with Gasteiger partial charge in [0.1, 0.15) is 0 Å². The number of likely N-dealkylation sites (tertiary alicyclic amines) is 1. The Labute approximate surface area is 109 Å². The molecule has 1 unspecified atom stereocenters. The Bertz CT molecular complexity index is 223. The van der Waals surface area contributed by atoms with Gasteiger partial charge >= 0.3 is 0 Å². The number of piperidine rings is 1. The smallest absolute Gasteiger partial charge is 0.0491 e. The van der Waals surface area contributed by atoms with Crippen molar-refractivity contribution in [2.45, 2.75) is 31.2 Å². The molecule has 0 saturated carbocycles. The van der Waals surface area contributed by atoms with Gasteiger partial charge in [-0.15, -0.1) is 0 Å². The van der Waals surface area contributed by atoms with Crippen LogP contribution in [0.1, 0.15) is 25.7 Å². The summed E-state index contributed by atoms with van der Waals surface area (Å²) in [5.74, 6) is 3.32. The molecule has 2 N–H and O–H groups in total. The minimum Gasteiger partial charge on any atom is -0.384 e. The molecule has 0 bridgehead atoms. The van der Waals surface area contributed by atoms with Crippen LogP contribution in [0.5, 0.6) is 0 Å². The molecule has 1 atom stereocenters. The average Bonchev–Trinajstić information content (AvgIpc) is 2.41. The lowest BCUT2D eigenvalue weighted by Gasteiger charge is -2.48. The number of hydrogen-bond donors (Lipinski definition) is 1. The third-order valence-corrected chi connectivity index (χ3v) is 5.69. The lowest BCUT2D eigenvalue weighted by Crippen LogP contribution is -2.59. The molecule has 3 nitrogen and oxygen atoms in total. The van der Waals surface area contributed by atoms with E-state index in [0.29, 0.717) is 5.54 Å². The first-order valence-corrected chi connectivity index (χ1v) is 7.98. The molecule has 0 amide bonds. The van der Waals surface area contributed by atoms with Crippen LogP contribution in [0, 0.1) is 5.92 Å². The normalized spacial score (nSPS) is 32.8. The summed E-state index contributed by atoms with van der Waals surface area (Å²) in [6, 6.07) is 0. The molecule has 4 heteroatoms. The molecule has 17 heavy (non-hydrogen) atoms. The number of methoxy groups -OCH3 is 1. The van der Waals surface area contributed by atoms with Gasteiger partial charge in [-0.25, -0.2) is 0 Å². The fraction of sp³-hybridized carbons (Fsp3) is 1.00. The lowest BCUT2D eigenvalue weighted by atomic mass is 9.88. The SMILES string of the molecule is COCC1CCN(C2(CN)CCCSC2)CC1. The predicted octanol–water partition coefficient (Wildman–Crippen LogP) is 1.57. The molecular weight excluding hydrogens is 232 g/mol. The second-order valence-electron chi connectivity index (χ2n) is 5.47. The number of nitrogens with two attached hydrogens (primary N) is 1. The van der Waals surface area contributed by atoms with Gasteiger partial charge in [-0.2, -0.15) is 11.8 Å². The van der Waals surface area contributed by atoms with Crippen molar-refractivity contribution in [3.8, 4) is 0 Å². The van der Waals surface area contributed by atoms with E-state index in [0.717, 1.165) is 19.1 Å². The van der Waals surface area contributed by atoms with Crippen LogP contribution in [0.4, 0.5) is 0 Å². The number of nitrogens with zero attached hydrogens (tertiary/aromatic N) is 1. The topological polar surface area (TPSA) is 38.5 Å². The summed E-state index contributed by atoms with van der Waals surface area (Å²) in [6.07, 6.45) is 5.19. The third-order valence-electron chi connectivity index (χ3n) is 4.37. The predicted molar refractivity (Wildman–Crippen MR) is 74.5 cm³/mol. The fourth-order valence-electron chi connectivity index (χ4n) is 3.19. The second kappa shape index (κ2) is 6.41. The second-order valence-corrected chi connectivity index (χ2v) is 6.58. The maximum Gasteiger partial charge on any atom is 0.0491 e. The molecule has 2 fully saturated rings. The molecule has 100 valence electrons. The summed E-state index contributed by atoms with van der Waals surface area (Å²) in [7, 11) is 1.81. The zero-order valence-electron chi connectivity index (χ0n) is 11.0. The number of thioether (sulfide) groups is 1. The first-order chi connectivity index (χ1) is 8.30. The van der Waals surface area contributed by atoms with E-state index in [1.54, 1.807) is 0 Å². The monoisotopic (exact) mass is 258 g/mol. The standard InChI is InChI=1S/C13H26N2OS/c1-16-9-12-3-6-15(7-4-12)13(10-14)5-2-8-17-11-13/h12H,2-11,14H2,1H3. The van der Waals surface area contributed by atoms with Crippen LogP contribution in [0.25, 0.3) is 0 Å². The van der Waals surface area contributed by atoms with Crippen LogP contribution in [-0.4, -0.2) is 55.3 Å². The Morgan fingerprint density at radius 2 is 2.18 bits per heavy atom. The number of rotatable bonds is 4. The summed E-state index contributed by atoms with van der Waals surface area (Å²) < 4.78 is 5.27. The maximum atomic E-state index is 6.08. The molecule has 0 aromatic carbocycles. The van der Waals surface area contributed by atoms with Crippen molar-refractivity contribution in [2.24, 2.45) is 11.7 Å². The van der Waals surface area contributed by atoms with Crippen molar-refractivity contribution >= 4 is 11.8 Å². The van der Waals surface area contributed by atoms with E-state index in [1.165, 1.54) is 50.3 Å². The van der Waals surface area contributed by atoms with Gasteiger partial charge < -0.3 is 10.5 Å². The molecule has 2 aliphatic rings. The van der Waals surface area contributed by atoms with E-state index < -0.39 is 0 Å².